The molecule has 4 aliphatic rings. The average molecular weight is 464 g/mol. The number of Topliss-reactive ketones (excluding diaryl/α,β-unsaturated/α-hetero) is 2. The lowest BCUT2D eigenvalue weighted by Crippen LogP contribution is -2.56. The quantitative estimate of drug-likeness (QED) is 0.691. The number of carbonyl (C=O) groups is 2. The van der Waals surface area contributed by atoms with Crippen LogP contribution in [-0.4, -0.2) is 50.1 Å². The lowest BCUT2D eigenvalue weighted by Gasteiger charge is -2.54. The van der Waals surface area contributed by atoms with Gasteiger partial charge in [0.1, 0.15) is 18.0 Å². The van der Waals surface area contributed by atoms with Gasteiger partial charge >= 0.3 is 0 Å². The van der Waals surface area contributed by atoms with E-state index in [1.54, 1.807) is 0 Å². The fourth-order valence-electron chi connectivity index (χ4n) is 7.61. The van der Waals surface area contributed by atoms with Crippen molar-refractivity contribution in [3.63, 3.8) is 0 Å². The van der Waals surface area contributed by atoms with E-state index < -0.39 is 11.0 Å². The molecule has 3 saturated carbocycles. The van der Waals surface area contributed by atoms with Crippen molar-refractivity contribution >= 4 is 17.3 Å². The van der Waals surface area contributed by atoms with Crippen LogP contribution in [0.15, 0.2) is 47.1 Å². The maximum Gasteiger partial charge on any atom is 0.190 e. The van der Waals surface area contributed by atoms with Crippen LogP contribution in [0.3, 0.4) is 0 Å². The predicted molar refractivity (Wildman–Crippen MR) is 133 cm³/mol. The molecule has 1 aromatic carbocycles. The van der Waals surface area contributed by atoms with Crippen LogP contribution >= 0.6 is 0 Å². The molecule has 5 nitrogen and oxygen atoms in total. The minimum absolute atomic E-state index is 0.0498. The molecule has 5 atom stereocenters. The minimum Gasteiger partial charge on any atom is -0.381 e. The summed E-state index contributed by atoms with van der Waals surface area (Å²) >= 11 is 0. The van der Waals surface area contributed by atoms with Gasteiger partial charge in [0.05, 0.1) is 0 Å². The van der Waals surface area contributed by atoms with E-state index >= 15 is 0 Å². The fraction of sp³-hybridized carbons (Fsp3) is 0.586. The molecule has 0 aliphatic heterocycles. The van der Waals surface area contributed by atoms with Crippen LogP contribution in [-0.2, 0) is 14.3 Å². The van der Waals surface area contributed by atoms with Gasteiger partial charge in [-0.2, -0.15) is 0 Å². The summed E-state index contributed by atoms with van der Waals surface area (Å²) in [6.45, 7) is 2.09. The summed E-state index contributed by atoms with van der Waals surface area (Å²) in [7, 11) is 5.60. The Bertz CT molecular complexity index is 1070. The molecule has 182 valence electrons. The van der Waals surface area contributed by atoms with Crippen LogP contribution in [0, 0.1) is 17.3 Å². The summed E-state index contributed by atoms with van der Waals surface area (Å²) in [6.07, 6.45) is 7.24. The first-order valence-electron chi connectivity index (χ1n) is 12.7. The molecule has 0 bridgehead atoms. The van der Waals surface area contributed by atoms with Crippen molar-refractivity contribution in [2.24, 2.45) is 17.3 Å². The molecule has 34 heavy (non-hydrogen) atoms. The van der Waals surface area contributed by atoms with Crippen LogP contribution in [0.1, 0.15) is 63.4 Å². The van der Waals surface area contributed by atoms with Crippen LogP contribution in [0.4, 0.5) is 5.69 Å². The first kappa shape index (κ1) is 23.5. The fourth-order valence-corrected chi connectivity index (χ4v) is 7.61. The van der Waals surface area contributed by atoms with Gasteiger partial charge in [-0.25, -0.2) is 0 Å². The van der Waals surface area contributed by atoms with Gasteiger partial charge in [0.25, 0.3) is 0 Å². The number of hydrogen-bond donors (Lipinski definition) is 1. The number of anilines is 1. The Labute approximate surface area is 202 Å². The molecular weight excluding hydrogens is 426 g/mol. The first-order chi connectivity index (χ1) is 16.2. The molecule has 5 rings (SSSR count). The molecule has 0 spiro atoms. The zero-order valence-corrected chi connectivity index (χ0v) is 20.9. The van der Waals surface area contributed by atoms with Gasteiger partial charge in [0.2, 0.25) is 0 Å². The van der Waals surface area contributed by atoms with Crippen LogP contribution < -0.4 is 4.90 Å². The highest BCUT2D eigenvalue weighted by Crippen LogP contribution is 2.66. The number of ketones is 2. The number of hydrogen-bond acceptors (Lipinski definition) is 5. The van der Waals surface area contributed by atoms with Gasteiger partial charge in [-0.3, -0.25) is 9.59 Å². The second kappa shape index (κ2) is 8.46. The van der Waals surface area contributed by atoms with Crippen molar-refractivity contribution in [3.8, 4) is 0 Å². The number of ether oxygens (including phenoxy) is 1. The number of aliphatic hydroxyl groups is 1. The highest BCUT2D eigenvalue weighted by atomic mass is 16.5. The lowest BCUT2D eigenvalue weighted by molar-refractivity contribution is -0.158. The zero-order valence-electron chi connectivity index (χ0n) is 20.9. The number of methoxy groups -OCH3 is 1. The topological polar surface area (TPSA) is 66.8 Å². The summed E-state index contributed by atoms with van der Waals surface area (Å²) in [6, 6.07) is 8.74. The van der Waals surface area contributed by atoms with E-state index in [-0.39, 0.29) is 24.2 Å². The van der Waals surface area contributed by atoms with Crippen molar-refractivity contribution < 1.29 is 19.4 Å². The molecule has 3 fully saturated rings. The smallest absolute Gasteiger partial charge is 0.190 e. The van der Waals surface area contributed by atoms with Gasteiger partial charge in [-0.15, -0.1) is 0 Å². The van der Waals surface area contributed by atoms with E-state index in [4.69, 9.17) is 4.74 Å². The highest BCUT2D eigenvalue weighted by molar-refractivity contribution is 5.90. The number of carbonyl (C=O) groups excluding carboxylic acids is 2. The molecular formula is C29H37NO4. The van der Waals surface area contributed by atoms with Gasteiger partial charge in [-0.1, -0.05) is 30.7 Å². The van der Waals surface area contributed by atoms with Gasteiger partial charge in [0, 0.05) is 51.1 Å². The van der Waals surface area contributed by atoms with E-state index in [1.165, 1.54) is 29.4 Å². The van der Waals surface area contributed by atoms with Crippen molar-refractivity contribution in [3.05, 3.63) is 52.6 Å². The Morgan fingerprint density at radius 2 is 1.94 bits per heavy atom. The molecule has 5 heteroatoms. The number of rotatable bonds is 5. The van der Waals surface area contributed by atoms with Crippen molar-refractivity contribution in [1.82, 2.24) is 0 Å². The minimum atomic E-state index is -1.36. The third-order valence-corrected chi connectivity index (χ3v) is 9.41. The second-order valence-electron chi connectivity index (χ2n) is 11.2. The molecule has 0 aromatic heterocycles. The van der Waals surface area contributed by atoms with Crippen LogP contribution in [0.5, 0.6) is 0 Å². The first-order valence-corrected chi connectivity index (χ1v) is 12.7. The Morgan fingerprint density at radius 3 is 2.62 bits per heavy atom. The molecule has 0 saturated heterocycles. The van der Waals surface area contributed by atoms with E-state index in [1.807, 2.05) is 14.1 Å². The van der Waals surface area contributed by atoms with Gasteiger partial charge < -0.3 is 14.7 Å². The number of allylic oxidation sites excluding steroid dienone is 4. The van der Waals surface area contributed by atoms with Gasteiger partial charge in [0.15, 0.2) is 5.78 Å². The second-order valence-corrected chi connectivity index (χ2v) is 11.2. The van der Waals surface area contributed by atoms with Crippen molar-refractivity contribution in [2.75, 3.05) is 32.7 Å². The normalized spacial score (nSPS) is 34.8. The van der Waals surface area contributed by atoms with E-state index in [0.29, 0.717) is 31.0 Å². The maximum atomic E-state index is 13.2. The third kappa shape index (κ3) is 3.43. The third-order valence-electron chi connectivity index (χ3n) is 9.41. The van der Waals surface area contributed by atoms with Crippen LogP contribution in [0.25, 0.3) is 0 Å². The van der Waals surface area contributed by atoms with Gasteiger partial charge in [-0.05, 0) is 72.8 Å². The Hall–Kier alpha value is -2.24. The molecule has 4 aliphatic carbocycles. The Kier molecular flexibility index (Phi) is 5.84. The molecule has 0 heterocycles. The monoisotopic (exact) mass is 463 g/mol. The standard InChI is InChI=1S/C29H37NO4/c1-28-16-24(18-5-8-20(9-6-18)30(2)3)27-22-12-10-21(31)15-19(22)7-11-23(27)25(28)13-14-29(28,33)26(32)17-34-4/h5-9,23-25,33H,10-17H2,1-4H3/t23-,24+,25-,28-,29-/m0/s1. The summed E-state index contributed by atoms with van der Waals surface area (Å²) in [4.78, 5) is 27.5. The largest absolute Gasteiger partial charge is 0.381 e. The zero-order chi connectivity index (χ0) is 24.3. The van der Waals surface area contributed by atoms with E-state index in [9.17, 15) is 14.7 Å². The summed E-state index contributed by atoms with van der Waals surface area (Å²) in [5.41, 5.74) is 4.61. The lowest BCUT2D eigenvalue weighted by atomic mass is 9.51. The van der Waals surface area contributed by atoms with E-state index in [0.717, 1.165) is 31.4 Å². The summed E-state index contributed by atoms with van der Waals surface area (Å²) < 4.78 is 5.18. The molecule has 0 amide bonds. The molecule has 1 aromatic rings. The predicted octanol–water partition coefficient (Wildman–Crippen LogP) is 4.60. The Balaban J connectivity index is 1.63. The highest BCUT2D eigenvalue weighted by Gasteiger charge is 2.65. The van der Waals surface area contributed by atoms with Crippen molar-refractivity contribution in [1.29, 1.82) is 0 Å². The van der Waals surface area contributed by atoms with Crippen molar-refractivity contribution in [2.45, 2.75) is 63.4 Å². The number of fused-ring (bicyclic) bond motifs is 4. The van der Waals surface area contributed by atoms with Crippen LogP contribution in [0.2, 0.25) is 0 Å². The summed E-state index contributed by atoms with van der Waals surface area (Å²) in [5.74, 6) is 0.826. The summed E-state index contributed by atoms with van der Waals surface area (Å²) in [5, 5.41) is 11.9. The SMILES string of the molecule is COCC(=O)[C@@]1(O)CC[C@H]2[C@@H]3CC=C4CC(=O)CCC4=C3[C@@H](c3ccc(N(C)C)cc3)C[C@@]21C. The molecule has 1 N–H and O–H groups in total. The Morgan fingerprint density at radius 1 is 1.21 bits per heavy atom. The molecule has 0 unspecified atom stereocenters. The van der Waals surface area contributed by atoms with E-state index in [2.05, 4.69) is 42.2 Å². The maximum absolute atomic E-state index is 13.2. The molecule has 0 radical (unpaired) electrons. The number of benzene rings is 1. The number of nitrogens with zero attached hydrogens (tertiary/aromatic N) is 1. The average Bonchev–Trinajstić information content (AvgIpc) is 3.10.